The minimum atomic E-state index is -0.735. The Morgan fingerprint density at radius 1 is 1.54 bits per heavy atom. The van der Waals surface area contributed by atoms with E-state index in [1.165, 1.54) is 19.2 Å². The smallest absolute Gasteiger partial charge is 0.376 e. The van der Waals surface area contributed by atoms with Gasteiger partial charge >= 0.3 is 5.97 Å². The molecule has 0 saturated heterocycles. The summed E-state index contributed by atoms with van der Waals surface area (Å²) in [6.45, 7) is 0. The molecule has 4 nitrogen and oxygen atoms in total. The molecule has 1 aromatic rings. The van der Waals surface area contributed by atoms with Crippen LogP contribution in [0.3, 0.4) is 0 Å². The predicted molar refractivity (Wildman–Crippen MR) is 48.2 cm³/mol. The molecule has 5 heteroatoms. The van der Waals surface area contributed by atoms with Gasteiger partial charge < -0.3 is 5.11 Å². The molecular weight excluding hydrogens is 240 g/mol. The Kier molecular flexibility index (Phi) is 3.27. The first-order chi connectivity index (χ1) is 6.15. The zero-order valence-electron chi connectivity index (χ0n) is 6.78. The Bertz CT molecular complexity index is 324. The lowest BCUT2D eigenvalue weighted by atomic mass is 10.2. The standard InChI is InChI=1S/C8H7BrO4/c1-12-13-8(11)6-4-5(9)2-3-7(6)10/h2-4,10H,1H3. The fourth-order valence-electron chi connectivity index (χ4n) is 0.792. The van der Waals surface area contributed by atoms with E-state index >= 15 is 0 Å². The number of phenols is 1. The molecule has 0 aliphatic carbocycles. The maximum Gasteiger partial charge on any atom is 0.376 e. The molecule has 13 heavy (non-hydrogen) atoms. The number of phenolic OH excluding ortho intramolecular Hbond substituents is 1. The largest absolute Gasteiger partial charge is 0.507 e. The monoisotopic (exact) mass is 246 g/mol. The summed E-state index contributed by atoms with van der Waals surface area (Å²) in [5.74, 6) is -0.883. The van der Waals surface area contributed by atoms with Crippen LogP contribution in [-0.2, 0) is 9.78 Å². The molecule has 0 aliphatic heterocycles. The van der Waals surface area contributed by atoms with E-state index in [0.29, 0.717) is 4.47 Å². The number of hydrogen-bond donors (Lipinski definition) is 1. The van der Waals surface area contributed by atoms with Gasteiger partial charge in [0.05, 0.1) is 7.11 Å². The van der Waals surface area contributed by atoms with Gasteiger partial charge in [0.1, 0.15) is 11.3 Å². The molecule has 0 atom stereocenters. The normalized spacial score (nSPS) is 9.69. The Balaban J connectivity index is 2.99. The van der Waals surface area contributed by atoms with Gasteiger partial charge in [-0.3, -0.25) is 4.89 Å². The van der Waals surface area contributed by atoms with E-state index in [1.54, 1.807) is 6.07 Å². The SMILES string of the molecule is COOC(=O)c1cc(Br)ccc1O. The van der Waals surface area contributed by atoms with Crippen molar-refractivity contribution < 1.29 is 19.7 Å². The number of rotatable bonds is 2. The molecule has 0 heterocycles. The van der Waals surface area contributed by atoms with Crippen molar-refractivity contribution in [1.29, 1.82) is 0 Å². The molecule has 0 amide bonds. The highest BCUT2D eigenvalue weighted by Gasteiger charge is 2.13. The first-order valence-electron chi connectivity index (χ1n) is 3.38. The Hall–Kier alpha value is -1.07. The summed E-state index contributed by atoms with van der Waals surface area (Å²) in [5, 5.41) is 9.25. The molecule has 0 saturated carbocycles. The molecule has 0 spiro atoms. The van der Waals surface area contributed by atoms with Gasteiger partial charge in [-0.25, -0.2) is 4.79 Å². The molecule has 0 aromatic heterocycles. The number of benzene rings is 1. The summed E-state index contributed by atoms with van der Waals surface area (Å²) in [7, 11) is 1.22. The van der Waals surface area contributed by atoms with Crippen molar-refractivity contribution in [2.24, 2.45) is 0 Å². The maximum absolute atomic E-state index is 11.1. The van der Waals surface area contributed by atoms with Crippen LogP contribution in [0.1, 0.15) is 10.4 Å². The van der Waals surface area contributed by atoms with Crippen LogP contribution in [0.4, 0.5) is 0 Å². The van der Waals surface area contributed by atoms with Crippen LogP contribution in [0.5, 0.6) is 5.75 Å². The van der Waals surface area contributed by atoms with Crippen LogP contribution in [0.15, 0.2) is 22.7 Å². The second-order valence-corrected chi connectivity index (χ2v) is 3.11. The molecule has 0 bridgehead atoms. The van der Waals surface area contributed by atoms with E-state index < -0.39 is 5.97 Å². The van der Waals surface area contributed by atoms with Gasteiger partial charge in [-0.05, 0) is 18.2 Å². The molecule has 0 fully saturated rings. The molecule has 0 aliphatic rings. The van der Waals surface area contributed by atoms with Crippen molar-refractivity contribution >= 4 is 21.9 Å². The van der Waals surface area contributed by atoms with Gasteiger partial charge in [-0.15, -0.1) is 0 Å². The van der Waals surface area contributed by atoms with Crippen molar-refractivity contribution in [2.75, 3.05) is 7.11 Å². The summed E-state index contributed by atoms with van der Waals surface area (Å²) < 4.78 is 0.674. The summed E-state index contributed by atoms with van der Waals surface area (Å²) in [5.41, 5.74) is 0.0521. The minimum absolute atomic E-state index is 0.0521. The highest BCUT2D eigenvalue weighted by atomic mass is 79.9. The van der Waals surface area contributed by atoms with Crippen molar-refractivity contribution in [3.05, 3.63) is 28.2 Å². The quantitative estimate of drug-likeness (QED) is 0.640. The van der Waals surface area contributed by atoms with Crippen LogP contribution in [0.25, 0.3) is 0 Å². The zero-order chi connectivity index (χ0) is 9.84. The third-order valence-corrected chi connectivity index (χ3v) is 1.83. The molecule has 1 aromatic carbocycles. The van der Waals surface area contributed by atoms with Gasteiger partial charge in [0, 0.05) is 4.47 Å². The molecule has 1 rings (SSSR count). The minimum Gasteiger partial charge on any atom is -0.507 e. The van der Waals surface area contributed by atoms with Gasteiger partial charge in [-0.1, -0.05) is 15.9 Å². The Morgan fingerprint density at radius 3 is 2.85 bits per heavy atom. The van der Waals surface area contributed by atoms with E-state index in [9.17, 15) is 9.90 Å². The summed E-state index contributed by atoms with van der Waals surface area (Å²) in [6.07, 6.45) is 0. The van der Waals surface area contributed by atoms with Crippen molar-refractivity contribution in [3.63, 3.8) is 0 Å². The third-order valence-electron chi connectivity index (χ3n) is 1.34. The first kappa shape index (κ1) is 10.0. The second kappa shape index (κ2) is 4.25. The highest BCUT2D eigenvalue weighted by molar-refractivity contribution is 9.10. The van der Waals surface area contributed by atoms with Crippen LogP contribution in [0, 0.1) is 0 Å². The van der Waals surface area contributed by atoms with Crippen LogP contribution < -0.4 is 0 Å². The van der Waals surface area contributed by atoms with Crippen molar-refractivity contribution in [2.45, 2.75) is 0 Å². The zero-order valence-corrected chi connectivity index (χ0v) is 8.37. The average Bonchev–Trinajstić information content (AvgIpc) is 2.09. The maximum atomic E-state index is 11.1. The van der Waals surface area contributed by atoms with E-state index in [1.807, 2.05) is 0 Å². The lowest BCUT2D eigenvalue weighted by molar-refractivity contribution is -0.216. The topological polar surface area (TPSA) is 55.8 Å². The van der Waals surface area contributed by atoms with Crippen LogP contribution >= 0.6 is 15.9 Å². The number of carbonyl (C=O) groups is 1. The van der Waals surface area contributed by atoms with Crippen LogP contribution in [0.2, 0.25) is 0 Å². The predicted octanol–water partition coefficient (Wildman–Crippen LogP) is 1.87. The van der Waals surface area contributed by atoms with Gasteiger partial charge in [0.2, 0.25) is 0 Å². The van der Waals surface area contributed by atoms with E-state index in [4.69, 9.17) is 0 Å². The highest BCUT2D eigenvalue weighted by Crippen LogP contribution is 2.22. The van der Waals surface area contributed by atoms with Gasteiger partial charge in [-0.2, -0.15) is 4.89 Å². The number of halogens is 1. The average molecular weight is 247 g/mol. The van der Waals surface area contributed by atoms with Gasteiger partial charge in [0.15, 0.2) is 0 Å². The van der Waals surface area contributed by atoms with E-state index in [0.717, 1.165) is 0 Å². The van der Waals surface area contributed by atoms with Gasteiger partial charge in [0.25, 0.3) is 0 Å². The van der Waals surface area contributed by atoms with Crippen molar-refractivity contribution in [3.8, 4) is 5.75 Å². The van der Waals surface area contributed by atoms with E-state index in [2.05, 4.69) is 25.7 Å². The first-order valence-corrected chi connectivity index (χ1v) is 4.18. The fraction of sp³-hybridized carbons (Fsp3) is 0.125. The second-order valence-electron chi connectivity index (χ2n) is 2.20. The fourth-order valence-corrected chi connectivity index (χ4v) is 1.15. The summed E-state index contributed by atoms with van der Waals surface area (Å²) in [6, 6.07) is 4.44. The summed E-state index contributed by atoms with van der Waals surface area (Å²) >= 11 is 3.16. The van der Waals surface area contributed by atoms with Crippen molar-refractivity contribution in [1.82, 2.24) is 0 Å². The molecule has 0 unspecified atom stereocenters. The third kappa shape index (κ3) is 2.43. The summed E-state index contributed by atoms with van der Waals surface area (Å²) in [4.78, 5) is 19.5. The molecule has 70 valence electrons. The number of aromatic hydroxyl groups is 1. The molecular formula is C8H7BrO4. The number of carbonyl (C=O) groups excluding carboxylic acids is 1. The molecule has 0 radical (unpaired) electrons. The lowest BCUT2D eigenvalue weighted by Gasteiger charge is -2.02. The number of hydrogen-bond acceptors (Lipinski definition) is 4. The Morgan fingerprint density at radius 2 is 2.23 bits per heavy atom. The van der Waals surface area contributed by atoms with E-state index in [-0.39, 0.29) is 11.3 Å². The lowest BCUT2D eigenvalue weighted by Crippen LogP contribution is -2.04. The van der Waals surface area contributed by atoms with Crippen LogP contribution in [-0.4, -0.2) is 18.2 Å². The molecule has 1 N–H and O–H groups in total. The Labute approximate surface area is 83.1 Å².